The quantitative estimate of drug-likeness (QED) is 0.497. The normalized spacial score (nSPS) is 48.4. The van der Waals surface area contributed by atoms with Gasteiger partial charge in [0.1, 0.15) is 6.10 Å². The Morgan fingerprint density at radius 3 is 2.72 bits per heavy atom. The Hall–Kier alpha value is -1.30. The van der Waals surface area contributed by atoms with Crippen molar-refractivity contribution in [3.8, 4) is 6.07 Å². The van der Waals surface area contributed by atoms with Crippen LogP contribution in [0.5, 0.6) is 0 Å². The Kier molecular flexibility index (Phi) is 4.02. The highest BCUT2D eigenvalue weighted by atomic mass is 16.5. The van der Waals surface area contributed by atoms with E-state index in [2.05, 4.69) is 26.0 Å². The number of esters is 1. The summed E-state index contributed by atoms with van der Waals surface area (Å²) in [5, 5.41) is 9.60. The highest BCUT2D eigenvalue weighted by molar-refractivity contribution is 5.66. The van der Waals surface area contributed by atoms with Crippen molar-refractivity contribution in [2.24, 2.45) is 34.5 Å². The molecule has 0 aliphatic heterocycles. The molecule has 0 bridgehead atoms. The largest absolute Gasteiger partial charge is 0.462 e. The van der Waals surface area contributed by atoms with Gasteiger partial charge in [0, 0.05) is 13.3 Å². The number of ether oxygens (including phenoxy) is 1. The molecule has 3 saturated carbocycles. The Labute approximate surface area is 151 Å². The Morgan fingerprint density at radius 1 is 1.20 bits per heavy atom. The molecule has 0 aromatic heterocycles. The van der Waals surface area contributed by atoms with Crippen LogP contribution in [0.1, 0.15) is 72.1 Å². The topological polar surface area (TPSA) is 50.1 Å². The molecule has 0 aromatic rings. The first-order chi connectivity index (χ1) is 11.9. The number of nitrogens with zero attached hydrogens (tertiary/aromatic N) is 1. The fourth-order valence-electron chi connectivity index (χ4n) is 7.18. The van der Waals surface area contributed by atoms with Gasteiger partial charge >= 0.3 is 5.97 Å². The van der Waals surface area contributed by atoms with Crippen molar-refractivity contribution in [3.05, 3.63) is 11.6 Å². The summed E-state index contributed by atoms with van der Waals surface area (Å²) >= 11 is 0. The molecule has 4 aliphatic rings. The van der Waals surface area contributed by atoms with Crippen molar-refractivity contribution in [1.82, 2.24) is 0 Å². The molecule has 136 valence electrons. The van der Waals surface area contributed by atoms with Crippen LogP contribution in [0, 0.1) is 45.8 Å². The molecule has 0 aromatic carbocycles. The summed E-state index contributed by atoms with van der Waals surface area (Å²) in [6.07, 6.45) is 11.6. The van der Waals surface area contributed by atoms with Crippen LogP contribution in [-0.4, -0.2) is 12.1 Å². The number of allylic oxidation sites excluding steroid dienone is 1. The average molecular weight is 341 g/mol. The van der Waals surface area contributed by atoms with Gasteiger partial charge < -0.3 is 4.74 Å². The molecule has 0 radical (unpaired) electrons. The zero-order chi connectivity index (χ0) is 17.8. The number of nitriles is 1. The lowest BCUT2D eigenvalue weighted by Gasteiger charge is -2.57. The number of hydrogen-bond acceptors (Lipinski definition) is 3. The van der Waals surface area contributed by atoms with Crippen LogP contribution in [0.3, 0.4) is 0 Å². The molecule has 3 heteroatoms. The fraction of sp³-hybridized carbons (Fsp3) is 0.818. The molecule has 0 N–H and O–H groups in total. The van der Waals surface area contributed by atoms with Crippen LogP contribution >= 0.6 is 0 Å². The highest BCUT2D eigenvalue weighted by Gasteiger charge is 2.58. The maximum atomic E-state index is 11.3. The molecule has 0 heterocycles. The lowest BCUT2D eigenvalue weighted by atomic mass is 9.47. The summed E-state index contributed by atoms with van der Waals surface area (Å²) in [5.41, 5.74) is 2.07. The van der Waals surface area contributed by atoms with E-state index in [9.17, 15) is 10.1 Å². The van der Waals surface area contributed by atoms with Gasteiger partial charge in [-0.15, -0.1) is 0 Å². The zero-order valence-corrected chi connectivity index (χ0v) is 15.9. The molecular weight excluding hydrogens is 310 g/mol. The maximum absolute atomic E-state index is 11.3. The highest BCUT2D eigenvalue weighted by Crippen LogP contribution is 2.66. The zero-order valence-electron chi connectivity index (χ0n) is 15.9. The second-order valence-corrected chi connectivity index (χ2v) is 9.54. The van der Waals surface area contributed by atoms with Gasteiger partial charge in [0.05, 0.1) is 12.0 Å². The molecule has 0 spiro atoms. The summed E-state index contributed by atoms with van der Waals surface area (Å²) in [7, 11) is 0. The third kappa shape index (κ3) is 2.47. The van der Waals surface area contributed by atoms with E-state index >= 15 is 0 Å². The number of hydrogen-bond donors (Lipinski definition) is 0. The lowest BCUT2D eigenvalue weighted by molar-refractivity contribution is -0.148. The minimum absolute atomic E-state index is 0.0803. The van der Waals surface area contributed by atoms with Gasteiger partial charge in [0.2, 0.25) is 0 Å². The predicted molar refractivity (Wildman–Crippen MR) is 96.4 cm³/mol. The first-order valence-corrected chi connectivity index (χ1v) is 10.1. The second kappa shape index (κ2) is 5.86. The van der Waals surface area contributed by atoms with Gasteiger partial charge in [-0.25, -0.2) is 0 Å². The van der Waals surface area contributed by atoms with Crippen LogP contribution in [0.2, 0.25) is 0 Å². The third-order valence-corrected chi connectivity index (χ3v) is 8.55. The molecule has 7 atom stereocenters. The van der Waals surface area contributed by atoms with Gasteiger partial charge in [0.25, 0.3) is 0 Å². The summed E-state index contributed by atoms with van der Waals surface area (Å²) in [5.74, 6) is 2.33. The molecule has 4 aliphatic carbocycles. The lowest BCUT2D eigenvalue weighted by Crippen LogP contribution is -2.50. The molecule has 3 nitrogen and oxygen atoms in total. The number of fused-ring (bicyclic) bond motifs is 5. The monoisotopic (exact) mass is 341 g/mol. The smallest absolute Gasteiger partial charge is 0.302 e. The second-order valence-electron chi connectivity index (χ2n) is 9.54. The number of rotatable bonds is 1. The summed E-state index contributed by atoms with van der Waals surface area (Å²) in [4.78, 5) is 11.3. The Morgan fingerprint density at radius 2 is 2.00 bits per heavy atom. The Balaban J connectivity index is 1.59. The van der Waals surface area contributed by atoms with Crippen LogP contribution in [0.15, 0.2) is 11.6 Å². The van der Waals surface area contributed by atoms with E-state index in [0.29, 0.717) is 0 Å². The van der Waals surface area contributed by atoms with E-state index < -0.39 is 0 Å². The van der Waals surface area contributed by atoms with Crippen LogP contribution in [0.4, 0.5) is 0 Å². The first kappa shape index (κ1) is 17.1. The van der Waals surface area contributed by atoms with E-state index in [1.165, 1.54) is 32.6 Å². The Bertz CT molecular complexity index is 647. The van der Waals surface area contributed by atoms with Crippen molar-refractivity contribution < 1.29 is 9.53 Å². The summed E-state index contributed by atoms with van der Waals surface area (Å²) in [6.45, 7) is 6.39. The van der Waals surface area contributed by atoms with Gasteiger partial charge in [-0.1, -0.05) is 25.5 Å². The summed E-state index contributed by atoms with van der Waals surface area (Å²) < 4.78 is 5.52. The minimum atomic E-state index is -0.148. The van der Waals surface area contributed by atoms with Gasteiger partial charge in [-0.3, -0.25) is 4.79 Å². The SMILES string of the molecule is CC(=O)O[C@@H]1CC[C@@]2(C)C(=CC[C@H]3[C@H]2CC[C@]2(C)[C@H](C#N)CC[C@@H]32)C1. The number of carbonyl (C=O) groups excluding carboxylic acids is 1. The molecule has 4 rings (SSSR count). The van der Waals surface area contributed by atoms with Crippen molar-refractivity contribution in [1.29, 1.82) is 5.26 Å². The van der Waals surface area contributed by atoms with E-state index in [1.807, 2.05) is 0 Å². The van der Waals surface area contributed by atoms with E-state index in [0.717, 1.165) is 43.4 Å². The fourth-order valence-corrected chi connectivity index (χ4v) is 7.18. The first-order valence-electron chi connectivity index (χ1n) is 10.1. The van der Waals surface area contributed by atoms with E-state index in [1.54, 1.807) is 5.57 Å². The standard InChI is InChI=1S/C22H31NO2/c1-14(24)25-17-8-10-21(2)15(12-17)4-6-18-19-7-5-16(13-23)22(19,3)11-9-20(18)21/h4,16-20H,5-12H2,1-3H3/t16-,17+,18+,19-,20+,21-,22+/m0/s1. The summed E-state index contributed by atoms with van der Waals surface area (Å²) in [6, 6.07) is 2.63. The molecule has 0 amide bonds. The van der Waals surface area contributed by atoms with Crippen molar-refractivity contribution in [2.75, 3.05) is 0 Å². The van der Waals surface area contributed by atoms with Gasteiger partial charge in [-0.2, -0.15) is 5.26 Å². The third-order valence-electron chi connectivity index (χ3n) is 8.55. The molecule has 3 fully saturated rings. The van der Waals surface area contributed by atoms with Crippen LogP contribution < -0.4 is 0 Å². The molecular formula is C22H31NO2. The van der Waals surface area contributed by atoms with Crippen molar-refractivity contribution in [3.63, 3.8) is 0 Å². The van der Waals surface area contributed by atoms with Crippen LogP contribution in [-0.2, 0) is 9.53 Å². The predicted octanol–water partition coefficient (Wildman–Crippen LogP) is 5.02. The maximum Gasteiger partial charge on any atom is 0.302 e. The average Bonchev–Trinajstić information content (AvgIpc) is 2.91. The van der Waals surface area contributed by atoms with Crippen molar-refractivity contribution >= 4 is 5.97 Å². The van der Waals surface area contributed by atoms with Crippen LogP contribution in [0.25, 0.3) is 0 Å². The van der Waals surface area contributed by atoms with Gasteiger partial charge in [0.15, 0.2) is 0 Å². The minimum Gasteiger partial charge on any atom is -0.462 e. The molecule has 0 unspecified atom stereocenters. The number of carbonyl (C=O) groups is 1. The molecule has 25 heavy (non-hydrogen) atoms. The van der Waals surface area contributed by atoms with Crippen molar-refractivity contribution in [2.45, 2.75) is 78.2 Å². The van der Waals surface area contributed by atoms with E-state index in [-0.39, 0.29) is 28.8 Å². The molecule has 0 saturated heterocycles. The van der Waals surface area contributed by atoms with Gasteiger partial charge in [-0.05, 0) is 73.5 Å². The van der Waals surface area contributed by atoms with E-state index in [4.69, 9.17) is 4.74 Å².